The van der Waals surface area contributed by atoms with Crippen LogP contribution in [0.15, 0.2) is 22.7 Å². The number of rotatable bonds is 9. The summed E-state index contributed by atoms with van der Waals surface area (Å²) < 4.78 is 19.2. The average molecular weight is 411 g/mol. The first-order valence-corrected chi connectivity index (χ1v) is 10.3. The average Bonchev–Trinajstić information content (AvgIpc) is 2.74. The third-order valence-electron chi connectivity index (χ3n) is 5.19. The second-order valence-corrected chi connectivity index (χ2v) is 8.84. The van der Waals surface area contributed by atoms with Gasteiger partial charge in [-0.2, -0.15) is 0 Å². The Kier molecular flexibility index (Phi) is 7.42. The van der Waals surface area contributed by atoms with E-state index in [0.717, 1.165) is 28.7 Å². The van der Waals surface area contributed by atoms with Gasteiger partial charge in [0.05, 0.1) is 17.8 Å². The van der Waals surface area contributed by atoms with Crippen molar-refractivity contribution in [3.63, 3.8) is 0 Å². The van der Waals surface area contributed by atoms with Crippen molar-refractivity contribution in [2.75, 3.05) is 6.61 Å². The molecule has 25 heavy (non-hydrogen) atoms. The molecule has 1 aromatic carbocycles. The van der Waals surface area contributed by atoms with Crippen molar-refractivity contribution in [3.8, 4) is 5.75 Å². The van der Waals surface area contributed by atoms with Crippen LogP contribution >= 0.6 is 15.9 Å². The van der Waals surface area contributed by atoms with Gasteiger partial charge >= 0.3 is 7.12 Å². The topological polar surface area (TPSA) is 27.7 Å². The molecule has 140 valence electrons. The molecule has 0 N–H and O–H groups in total. The summed E-state index contributed by atoms with van der Waals surface area (Å²) in [6.45, 7) is 11.3. The largest absolute Gasteiger partial charge is 0.495 e. The molecule has 1 saturated heterocycles. The summed E-state index contributed by atoms with van der Waals surface area (Å²) in [6, 6.07) is 6.08. The third kappa shape index (κ3) is 5.73. The van der Waals surface area contributed by atoms with Crippen molar-refractivity contribution >= 4 is 28.5 Å². The first kappa shape index (κ1) is 20.8. The fraction of sp³-hybridized carbons (Fsp3) is 0.700. The molecule has 3 nitrogen and oxygen atoms in total. The predicted molar refractivity (Wildman–Crippen MR) is 109 cm³/mol. The Hall–Kier alpha value is -0.515. The van der Waals surface area contributed by atoms with E-state index in [4.69, 9.17) is 14.0 Å². The number of ether oxygens (including phenoxy) is 1. The highest BCUT2D eigenvalue weighted by Gasteiger charge is 2.51. The molecule has 0 atom stereocenters. The smallest absolute Gasteiger partial charge is 0.494 e. The molecule has 0 radical (unpaired) electrons. The van der Waals surface area contributed by atoms with Crippen LogP contribution in [0.3, 0.4) is 0 Å². The zero-order valence-corrected chi connectivity index (χ0v) is 17.9. The normalized spacial score (nSPS) is 18.6. The number of halogens is 1. The highest BCUT2D eigenvalue weighted by atomic mass is 79.9. The van der Waals surface area contributed by atoms with Gasteiger partial charge < -0.3 is 14.0 Å². The highest BCUT2D eigenvalue weighted by Crippen LogP contribution is 2.36. The van der Waals surface area contributed by atoms with E-state index >= 15 is 0 Å². The first-order chi connectivity index (χ1) is 11.7. The van der Waals surface area contributed by atoms with Crippen molar-refractivity contribution in [2.24, 2.45) is 0 Å². The molecule has 1 aromatic rings. The van der Waals surface area contributed by atoms with Crippen LogP contribution in [-0.4, -0.2) is 24.9 Å². The van der Waals surface area contributed by atoms with Crippen LogP contribution in [0, 0.1) is 0 Å². The standard InChI is InChI=1S/C20H32BBrO3/c1-6-7-8-9-10-11-12-23-18-14-16(13-17(22)15-18)21-24-19(2,3)20(4,5)25-21/h13-15H,6-12H2,1-5H3. The molecule has 5 heteroatoms. The molecule has 0 bridgehead atoms. The monoisotopic (exact) mass is 410 g/mol. The van der Waals surface area contributed by atoms with E-state index in [9.17, 15) is 0 Å². The maximum absolute atomic E-state index is 6.14. The number of hydrogen-bond donors (Lipinski definition) is 0. The van der Waals surface area contributed by atoms with E-state index in [1.165, 1.54) is 32.1 Å². The molecule has 1 heterocycles. The van der Waals surface area contributed by atoms with Crippen molar-refractivity contribution in [2.45, 2.75) is 84.3 Å². The minimum Gasteiger partial charge on any atom is -0.494 e. The molecule has 0 unspecified atom stereocenters. The SMILES string of the molecule is CCCCCCCCOc1cc(Br)cc(B2OC(C)(C)C(C)(C)O2)c1. The van der Waals surface area contributed by atoms with Gasteiger partial charge in [0.2, 0.25) is 0 Å². The van der Waals surface area contributed by atoms with Gasteiger partial charge in [0.15, 0.2) is 0 Å². The Labute approximate surface area is 162 Å². The maximum Gasteiger partial charge on any atom is 0.495 e. The second-order valence-electron chi connectivity index (χ2n) is 7.92. The Balaban J connectivity index is 1.90. The lowest BCUT2D eigenvalue weighted by Crippen LogP contribution is -2.41. The van der Waals surface area contributed by atoms with Crippen LogP contribution in [0.25, 0.3) is 0 Å². The molecule has 2 rings (SSSR count). The van der Waals surface area contributed by atoms with Gasteiger partial charge in [0, 0.05) is 4.47 Å². The van der Waals surface area contributed by atoms with Crippen LogP contribution < -0.4 is 10.2 Å². The van der Waals surface area contributed by atoms with Crippen LogP contribution in [0.2, 0.25) is 0 Å². The van der Waals surface area contributed by atoms with E-state index in [1.54, 1.807) is 0 Å². The Morgan fingerprint density at radius 3 is 2.16 bits per heavy atom. The maximum atomic E-state index is 6.14. The zero-order chi connectivity index (χ0) is 18.5. The summed E-state index contributed by atoms with van der Waals surface area (Å²) in [6.07, 6.45) is 7.59. The summed E-state index contributed by atoms with van der Waals surface area (Å²) in [5.74, 6) is 0.868. The minimum absolute atomic E-state index is 0.334. The Morgan fingerprint density at radius 2 is 1.52 bits per heavy atom. The van der Waals surface area contributed by atoms with Gasteiger partial charge in [-0.3, -0.25) is 0 Å². The zero-order valence-electron chi connectivity index (χ0n) is 16.4. The Morgan fingerprint density at radius 1 is 0.920 bits per heavy atom. The molecule has 0 amide bonds. The highest BCUT2D eigenvalue weighted by molar-refractivity contribution is 9.10. The summed E-state index contributed by atoms with van der Waals surface area (Å²) in [5, 5.41) is 0. The second kappa shape index (κ2) is 8.92. The number of benzene rings is 1. The van der Waals surface area contributed by atoms with E-state index in [-0.39, 0.29) is 18.3 Å². The molecule has 1 aliphatic rings. The third-order valence-corrected chi connectivity index (χ3v) is 5.64. The molecule has 1 fully saturated rings. The molecular weight excluding hydrogens is 379 g/mol. The van der Waals surface area contributed by atoms with Crippen LogP contribution in [0.1, 0.15) is 73.1 Å². The van der Waals surface area contributed by atoms with Crippen molar-refractivity contribution in [1.29, 1.82) is 0 Å². The molecule has 0 aromatic heterocycles. The van der Waals surface area contributed by atoms with Crippen molar-refractivity contribution in [1.82, 2.24) is 0 Å². The van der Waals surface area contributed by atoms with Gasteiger partial charge in [-0.1, -0.05) is 55.0 Å². The molecular formula is C20H32BBrO3. The van der Waals surface area contributed by atoms with Crippen LogP contribution in [-0.2, 0) is 9.31 Å². The van der Waals surface area contributed by atoms with Crippen molar-refractivity contribution < 1.29 is 14.0 Å². The fourth-order valence-electron chi connectivity index (χ4n) is 2.86. The van der Waals surface area contributed by atoms with Gasteiger partial charge in [-0.05, 0) is 57.8 Å². The van der Waals surface area contributed by atoms with E-state index in [0.29, 0.717) is 0 Å². The number of hydrogen-bond acceptors (Lipinski definition) is 3. The summed E-state index contributed by atoms with van der Waals surface area (Å²) >= 11 is 3.58. The van der Waals surface area contributed by atoms with Gasteiger partial charge in [0.1, 0.15) is 5.75 Å². The van der Waals surface area contributed by atoms with Crippen molar-refractivity contribution in [3.05, 3.63) is 22.7 Å². The molecule has 0 aliphatic carbocycles. The van der Waals surface area contributed by atoms with Gasteiger partial charge in [-0.25, -0.2) is 0 Å². The molecule has 0 saturated carbocycles. The lowest BCUT2D eigenvalue weighted by Gasteiger charge is -2.32. The van der Waals surface area contributed by atoms with E-state index in [2.05, 4.69) is 50.5 Å². The summed E-state index contributed by atoms with van der Waals surface area (Å²) in [7, 11) is -0.362. The van der Waals surface area contributed by atoms with Gasteiger partial charge in [-0.15, -0.1) is 0 Å². The molecule has 0 spiro atoms. The van der Waals surface area contributed by atoms with Gasteiger partial charge in [0.25, 0.3) is 0 Å². The van der Waals surface area contributed by atoms with E-state index < -0.39 is 0 Å². The summed E-state index contributed by atoms with van der Waals surface area (Å²) in [5.41, 5.74) is 0.324. The van der Waals surface area contributed by atoms with E-state index in [1.807, 2.05) is 18.2 Å². The fourth-order valence-corrected chi connectivity index (χ4v) is 3.35. The number of unbranched alkanes of at least 4 members (excludes halogenated alkanes) is 5. The first-order valence-electron chi connectivity index (χ1n) is 9.54. The Bertz CT molecular complexity index is 544. The quantitative estimate of drug-likeness (QED) is 0.398. The summed E-state index contributed by atoms with van der Waals surface area (Å²) in [4.78, 5) is 0. The lowest BCUT2D eigenvalue weighted by atomic mass is 9.79. The minimum atomic E-state index is -0.362. The van der Waals surface area contributed by atoms with Crippen LogP contribution in [0.5, 0.6) is 5.75 Å². The lowest BCUT2D eigenvalue weighted by molar-refractivity contribution is 0.00578. The predicted octanol–water partition coefficient (Wildman–Crippen LogP) is 5.49. The van der Waals surface area contributed by atoms with Crippen LogP contribution in [0.4, 0.5) is 0 Å². The molecule has 1 aliphatic heterocycles.